The second-order valence-corrected chi connectivity index (χ2v) is 4.35. The number of rotatable bonds is 4. The van der Waals surface area contributed by atoms with Gasteiger partial charge in [0.05, 0.1) is 0 Å². The van der Waals surface area contributed by atoms with Crippen molar-refractivity contribution in [3.8, 4) is 5.75 Å². The molecule has 0 aliphatic carbocycles. The van der Waals surface area contributed by atoms with Crippen molar-refractivity contribution >= 4 is 0 Å². The maximum Gasteiger partial charge on any atom is 0.118 e. The van der Waals surface area contributed by atoms with E-state index in [0.717, 1.165) is 17.9 Å². The molecular formula is C13H20O. The molecule has 0 radical (unpaired) electrons. The SMILES string of the molecule is Cc1c(O)cccc1CCCC(C)C. The Kier molecular flexibility index (Phi) is 3.99. The van der Waals surface area contributed by atoms with Gasteiger partial charge in [0.15, 0.2) is 0 Å². The minimum absolute atomic E-state index is 0.423. The molecule has 1 nitrogen and oxygen atoms in total. The van der Waals surface area contributed by atoms with Crippen LogP contribution in [-0.4, -0.2) is 5.11 Å². The van der Waals surface area contributed by atoms with Crippen LogP contribution in [0.4, 0.5) is 0 Å². The van der Waals surface area contributed by atoms with Crippen molar-refractivity contribution in [3.05, 3.63) is 29.3 Å². The van der Waals surface area contributed by atoms with Gasteiger partial charge in [-0.3, -0.25) is 0 Å². The highest BCUT2D eigenvalue weighted by atomic mass is 16.3. The fourth-order valence-electron chi connectivity index (χ4n) is 1.64. The van der Waals surface area contributed by atoms with Gasteiger partial charge in [-0.05, 0) is 42.9 Å². The quantitative estimate of drug-likeness (QED) is 0.771. The van der Waals surface area contributed by atoms with Crippen LogP contribution in [0.1, 0.15) is 37.8 Å². The van der Waals surface area contributed by atoms with Crippen LogP contribution < -0.4 is 0 Å². The average Bonchev–Trinajstić information content (AvgIpc) is 2.12. The summed E-state index contributed by atoms with van der Waals surface area (Å²) in [4.78, 5) is 0. The van der Waals surface area contributed by atoms with E-state index < -0.39 is 0 Å². The Morgan fingerprint density at radius 1 is 1.29 bits per heavy atom. The number of benzene rings is 1. The van der Waals surface area contributed by atoms with Gasteiger partial charge in [0.2, 0.25) is 0 Å². The predicted molar refractivity (Wildman–Crippen MR) is 60.6 cm³/mol. The summed E-state index contributed by atoms with van der Waals surface area (Å²) in [6.45, 7) is 6.48. The molecule has 1 aromatic rings. The number of hydrogen-bond acceptors (Lipinski definition) is 1. The fourth-order valence-corrected chi connectivity index (χ4v) is 1.64. The van der Waals surface area contributed by atoms with Gasteiger partial charge in [0.1, 0.15) is 5.75 Å². The van der Waals surface area contributed by atoms with Crippen LogP contribution in [0.2, 0.25) is 0 Å². The minimum Gasteiger partial charge on any atom is -0.508 e. The lowest BCUT2D eigenvalue weighted by molar-refractivity contribution is 0.469. The van der Waals surface area contributed by atoms with Crippen molar-refractivity contribution in [2.75, 3.05) is 0 Å². The maximum absolute atomic E-state index is 9.51. The molecule has 0 aromatic heterocycles. The van der Waals surface area contributed by atoms with Gasteiger partial charge in [0.25, 0.3) is 0 Å². The van der Waals surface area contributed by atoms with E-state index >= 15 is 0 Å². The molecule has 1 heteroatoms. The normalized spacial score (nSPS) is 10.9. The number of aromatic hydroxyl groups is 1. The molecule has 0 unspecified atom stereocenters. The summed E-state index contributed by atoms with van der Waals surface area (Å²) in [7, 11) is 0. The topological polar surface area (TPSA) is 20.2 Å². The smallest absolute Gasteiger partial charge is 0.118 e. The van der Waals surface area contributed by atoms with Gasteiger partial charge in [-0.15, -0.1) is 0 Å². The summed E-state index contributed by atoms with van der Waals surface area (Å²) < 4.78 is 0. The fraction of sp³-hybridized carbons (Fsp3) is 0.538. The van der Waals surface area contributed by atoms with Crippen LogP contribution in [0.15, 0.2) is 18.2 Å². The summed E-state index contributed by atoms with van der Waals surface area (Å²) in [6.07, 6.45) is 3.55. The summed E-state index contributed by atoms with van der Waals surface area (Å²) >= 11 is 0. The van der Waals surface area contributed by atoms with Crippen molar-refractivity contribution in [2.45, 2.75) is 40.0 Å². The first-order valence-corrected chi connectivity index (χ1v) is 5.38. The van der Waals surface area contributed by atoms with E-state index in [1.54, 1.807) is 6.07 Å². The van der Waals surface area contributed by atoms with Crippen LogP contribution in [-0.2, 0) is 6.42 Å². The molecule has 0 saturated carbocycles. The Labute approximate surface area is 86.8 Å². The standard InChI is InChI=1S/C13H20O/c1-10(2)6-4-7-12-8-5-9-13(14)11(12)3/h5,8-10,14H,4,6-7H2,1-3H3. The summed E-state index contributed by atoms with van der Waals surface area (Å²) in [5, 5.41) is 9.51. The Morgan fingerprint density at radius 2 is 2.00 bits per heavy atom. The maximum atomic E-state index is 9.51. The number of phenols is 1. The van der Waals surface area contributed by atoms with Crippen LogP contribution >= 0.6 is 0 Å². The van der Waals surface area contributed by atoms with Crippen molar-refractivity contribution in [1.29, 1.82) is 0 Å². The van der Waals surface area contributed by atoms with Crippen LogP contribution in [0.3, 0.4) is 0 Å². The molecule has 0 atom stereocenters. The lowest BCUT2D eigenvalue weighted by atomic mass is 9.99. The summed E-state index contributed by atoms with van der Waals surface area (Å²) in [5.74, 6) is 1.19. The number of aryl methyl sites for hydroxylation is 1. The Hall–Kier alpha value is -0.980. The molecule has 0 fully saturated rings. The lowest BCUT2D eigenvalue weighted by Gasteiger charge is -2.08. The van der Waals surface area contributed by atoms with Gasteiger partial charge < -0.3 is 5.11 Å². The zero-order chi connectivity index (χ0) is 10.6. The zero-order valence-corrected chi connectivity index (χ0v) is 9.38. The Morgan fingerprint density at radius 3 is 2.64 bits per heavy atom. The molecule has 0 heterocycles. The highest BCUT2D eigenvalue weighted by Gasteiger charge is 2.02. The molecule has 1 N–H and O–H groups in total. The molecule has 78 valence electrons. The second kappa shape index (κ2) is 5.04. The van der Waals surface area contributed by atoms with Gasteiger partial charge in [0, 0.05) is 0 Å². The van der Waals surface area contributed by atoms with Crippen molar-refractivity contribution in [2.24, 2.45) is 5.92 Å². The summed E-state index contributed by atoms with van der Waals surface area (Å²) in [6, 6.07) is 5.78. The third-order valence-electron chi connectivity index (χ3n) is 2.64. The largest absolute Gasteiger partial charge is 0.508 e. The highest BCUT2D eigenvalue weighted by molar-refractivity contribution is 5.37. The van der Waals surface area contributed by atoms with E-state index in [9.17, 15) is 5.11 Å². The molecule has 0 saturated heterocycles. The first kappa shape index (κ1) is 11.1. The number of hydrogen-bond donors (Lipinski definition) is 1. The monoisotopic (exact) mass is 192 g/mol. The first-order valence-electron chi connectivity index (χ1n) is 5.38. The first-order chi connectivity index (χ1) is 6.61. The van der Waals surface area contributed by atoms with E-state index in [4.69, 9.17) is 0 Å². The molecule has 14 heavy (non-hydrogen) atoms. The van der Waals surface area contributed by atoms with E-state index in [1.165, 1.54) is 18.4 Å². The Bertz CT molecular complexity index is 289. The van der Waals surface area contributed by atoms with Gasteiger partial charge >= 0.3 is 0 Å². The molecule has 1 rings (SSSR count). The zero-order valence-electron chi connectivity index (χ0n) is 9.38. The van der Waals surface area contributed by atoms with E-state index in [1.807, 2.05) is 13.0 Å². The van der Waals surface area contributed by atoms with Crippen LogP contribution in [0.25, 0.3) is 0 Å². The van der Waals surface area contributed by atoms with Crippen LogP contribution in [0, 0.1) is 12.8 Å². The third-order valence-corrected chi connectivity index (χ3v) is 2.64. The molecule has 0 amide bonds. The molecular weight excluding hydrogens is 172 g/mol. The minimum atomic E-state index is 0.423. The van der Waals surface area contributed by atoms with E-state index in [0.29, 0.717) is 5.75 Å². The van der Waals surface area contributed by atoms with Crippen molar-refractivity contribution in [1.82, 2.24) is 0 Å². The van der Waals surface area contributed by atoms with Crippen LogP contribution in [0.5, 0.6) is 5.75 Å². The molecule has 1 aromatic carbocycles. The second-order valence-electron chi connectivity index (χ2n) is 4.35. The van der Waals surface area contributed by atoms with E-state index in [2.05, 4.69) is 19.9 Å². The molecule has 0 spiro atoms. The van der Waals surface area contributed by atoms with Crippen molar-refractivity contribution in [3.63, 3.8) is 0 Å². The van der Waals surface area contributed by atoms with Gasteiger partial charge in [-0.25, -0.2) is 0 Å². The Balaban J connectivity index is 2.54. The predicted octanol–water partition coefficient (Wildman–Crippen LogP) is 3.68. The average molecular weight is 192 g/mol. The van der Waals surface area contributed by atoms with Gasteiger partial charge in [-0.2, -0.15) is 0 Å². The highest BCUT2D eigenvalue weighted by Crippen LogP contribution is 2.21. The number of phenolic OH excluding ortho intramolecular Hbond substituents is 1. The lowest BCUT2D eigenvalue weighted by Crippen LogP contribution is -1.93. The summed E-state index contributed by atoms with van der Waals surface area (Å²) in [5.41, 5.74) is 2.32. The molecule has 0 aliphatic heterocycles. The third kappa shape index (κ3) is 3.06. The molecule has 0 aliphatic rings. The van der Waals surface area contributed by atoms with Crippen molar-refractivity contribution < 1.29 is 5.11 Å². The van der Waals surface area contributed by atoms with E-state index in [-0.39, 0.29) is 0 Å². The molecule has 0 bridgehead atoms. The van der Waals surface area contributed by atoms with Gasteiger partial charge in [-0.1, -0.05) is 32.4 Å².